The van der Waals surface area contributed by atoms with Crippen LogP contribution in [0.2, 0.25) is 0 Å². The van der Waals surface area contributed by atoms with Crippen molar-refractivity contribution in [2.75, 3.05) is 13.1 Å². The molecule has 8 heteroatoms. The fourth-order valence-electron chi connectivity index (χ4n) is 2.45. The number of hydrogen-bond donors (Lipinski definition) is 2. The summed E-state index contributed by atoms with van der Waals surface area (Å²) in [5.41, 5.74) is 0. The number of alkyl halides is 3. The molecule has 1 aliphatic rings. The van der Waals surface area contributed by atoms with E-state index in [1.807, 2.05) is 0 Å². The molecular weight excluding hydrogens is 289 g/mol. The summed E-state index contributed by atoms with van der Waals surface area (Å²) in [5.74, 6) is -0.575. The second-order valence-corrected chi connectivity index (χ2v) is 5.53. The first kappa shape index (κ1) is 17.6. The van der Waals surface area contributed by atoms with Gasteiger partial charge in [-0.3, -0.25) is 4.79 Å². The number of carbonyl (C=O) groups is 2. The highest BCUT2D eigenvalue weighted by molar-refractivity contribution is 5.74. The second kappa shape index (κ2) is 7.51. The molecule has 0 aromatic carbocycles. The van der Waals surface area contributed by atoms with E-state index in [0.29, 0.717) is 32.4 Å². The van der Waals surface area contributed by atoms with Crippen molar-refractivity contribution in [2.24, 2.45) is 5.92 Å². The van der Waals surface area contributed by atoms with E-state index in [2.05, 4.69) is 5.32 Å². The fraction of sp³-hybridized carbons (Fsp3) is 0.846. The molecule has 1 heterocycles. The second-order valence-electron chi connectivity index (χ2n) is 5.53. The minimum absolute atomic E-state index is 0.111. The molecule has 1 atom stereocenters. The third kappa shape index (κ3) is 7.19. The zero-order valence-electron chi connectivity index (χ0n) is 11.9. The van der Waals surface area contributed by atoms with Gasteiger partial charge in [0.05, 0.1) is 6.42 Å². The van der Waals surface area contributed by atoms with Gasteiger partial charge in [-0.05, 0) is 32.1 Å². The average Bonchev–Trinajstić information content (AvgIpc) is 2.34. The molecule has 0 aromatic rings. The summed E-state index contributed by atoms with van der Waals surface area (Å²) in [5, 5.41) is 11.0. The Morgan fingerprint density at radius 2 is 1.90 bits per heavy atom. The van der Waals surface area contributed by atoms with Crippen molar-refractivity contribution in [1.29, 1.82) is 0 Å². The van der Waals surface area contributed by atoms with E-state index < -0.39 is 30.6 Å². The van der Waals surface area contributed by atoms with Crippen molar-refractivity contribution in [1.82, 2.24) is 10.2 Å². The Morgan fingerprint density at radius 3 is 2.38 bits per heavy atom. The molecular formula is C13H21F3N2O3. The van der Waals surface area contributed by atoms with Gasteiger partial charge in [0.25, 0.3) is 0 Å². The summed E-state index contributed by atoms with van der Waals surface area (Å²) >= 11 is 0. The van der Waals surface area contributed by atoms with Crippen LogP contribution in [0.3, 0.4) is 0 Å². The molecule has 0 bridgehead atoms. The molecule has 0 spiro atoms. The monoisotopic (exact) mass is 310 g/mol. The van der Waals surface area contributed by atoms with E-state index in [9.17, 15) is 22.8 Å². The number of rotatable bonds is 5. The van der Waals surface area contributed by atoms with E-state index in [1.165, 1.54) is 11.8 Å². The molecule has 0 radical (unpaired) electrons. The Morgan fingerprint density at radius 1 is 1.33 bits per heavy atom. The van der Waals surface area contributed by atoms with Crippen LogP contribution in [-0.4, -0.2) is 47.3 Å². The van der Waals surface area contributed by atoms with E-state index >= 15 is 0 Å². The van der Waals surface area contributed by atoms with E-state index in [1.54, 1.807) is 0 Å². The average molecular weight is 310 g/mol. The number of nitrogens with one attached hydrogen (secondary N) is 1. The maximum atomic E-state index is 12.2. The molecule has 2 N–H and O–H groups in total. The van der Waals surface area contributed by atoms with Crippen molar-refractivity contribution in [3.8, 4) is 0 Å². The quantitative estimate of drug-likeness (QED) is 0.820. The van der Waals surface area contributed by atoms with Crippen LogP contribution in [0.4, 0.5) is 18.0 Å². The smallest absolute Gasteiger partial charge is 0.391 e. The van der Waals surface area contributed by atoms with Crippen molar-refractivity contribution in [2.45, 2.75) is 51.2 Å². The number of likely N-dealkylation sites (tertiary alicyclic amines) is 1. The van der Waals surface area contributed by atoms with Crippen molar-refractivity contribution in [3.05, 3.63) is 0 Å². The predicted octanol–water partition coefficient (Wildman–Crippen LogP) is 2.61. The number of nitrogens with zero attached hydrogens (tertiary/aromatic N) is 1. The maximum Gasteiger partial charge on any atom is 0.391 e. The first-order valence-electron chi connectivity index (χ1n) is 7.01. The highest BCUT2D eigenvalue weighted by Gasteiger charge is 2.31. The van der Waals surface area contributed by atoms with Crippen LogP contribution in [0.25, 0.3) is 0 Å². The zero-order chi connectivity index (χ0) is 16.0. The topological polar surface area (TPSA) is 69.6 Å². The Balaban J connectivity index is 2.30. The van der Waals surface area contributed by atoms with Gasteiger partial charge in [-0.25, -0.2) is 4.79 Å². The zero-order valence-corrected chi connectivity index (χ0v) is 11.9. The van der Waals surface area contributed by atoms with Crippen LogP contribution >= 0.6 is 0 Å². The van der Waals surface area contributed by atoms with Gasteiger partial charge < -0.3 is 15.3 Å². The van der Waals surface area contributed by atoms with E-state index in [-0.39, 0.29) is 12.3 Å². The van der Waals surface area contributed by atoms with Crippen LogP contribution in [0, 0.1) is 5.92 Å². The largest absolute Gasteiger partial charge is 0.481 e. The molecule has 0 saturated carbocycles. The number of carbonyl (C=O) groups excluding carboxylic acids is 1. The number of aliphatic carboxylic acids is 1. The standard InChI is InChI=1S/C13H21F3N2O3/c1-9(8-13(14,15)16)17-12(21)18-6-4-10(5-7-18)2-3-11(19)20/h9-10H,2-8H2,1H3,(H,17,21)(H,19,20). The number of hydrogen-bond acceptors (Lipinski definition) is 2. The lowest BCUT2D eigenvalue weighted by Crippen LogP contribution is -2.48. The molecule has 1 unspecified atom stereocenters. The highest BCUT2D eigenvalue weighted by Crippen LogP contribution is 2.23. The minimum atomic E-state index is -4.30. The van der Waals surface area contributed by atoms with Gasteiger partial charge in [0.15, 0.2) is 0 Å². The Hall–Kier alpha value is -1.47. The first-order chi connectivity index (χ1) is 9.67. The molecule has 0 aromatic heterocycles. The summed E-state index contributed by atoms with van der Waals surface area (Å²) in [7, 11) is 0. The maximum absolute atomic E-state index is 12.2. The normalized spacial score (nSPS) is 18.4. The number of halogens is 3. The molecule has 1 fully saturated rings. The summed E-state index contributed by atoms with van der Waals surface area (Å²) in [4.78, 5) is 23.8. The molecule has 1 saturated heterocycles. The highest BCUT2D eigenvalue weighted by atomic mass is 19.4. The van der Waals surface area contributed by atoms with Crippen LogP contribution in [0.1, 0.15) is 39.0 Å². The molecule has 2 amide bonds. The van der Waals surface area contributed by atoms with Gasteiger partial charge in [0.2, 0.25) is 0 Å². The lowest BCUT2D eigenvalue weighted by molar-refractivity contribution is -0.139. The van der Waals surface area contributed by atoms with Crippen LogP contribution in [-0.2, 0) is 4.79 Å². The molecule has 1 aliphatic heterocycles. The Bertz CT molecular complexity index is 366. The van der Waals surface area contributed by atoms with Crippen LogP contribution in [0.5, 0.6) is 0 Å². The molecule has 21 heavy (non-hydrogen) atoms. The lowest BCUT2D eigenvalue weighted by atomic mass is 9.92. The number of amides is 2. The lowest BCUT2D eigenvalue weighted by Gasteiger charge is -2.32. The Kier molecular flexibility index (Phi) is 6.29. The summed E-state index contributed by atoms with van der Waals surface area (Å²) in [6, 6.07) is -1.44. The predicted molar refractivity (Wildman–Crippen MR) is 69.8 cm³/mol. The number of urea groups is 1. The van der Waals surface area contributed by atoms with Gasteiger partial charge in [-0.15, -0.1) is 0 Å². The third-order valence-electron chi connectivity index (χ3n) is 3.58. The van der Waals surface area contributed by atoms with Gasteiger partial charge in [0.1, 0.15) is 0 Å². The summed E-state index contributed by atoms with van der Waals surface area (Å²) in [6.07, 6.45) is -3.28. The minimum Gasteiger partial charge on any atom is -0.481 e. The molecule has 0 aliphatic carbocycles. The van der Waals surface area contributed by atoms with Crippen molar-refractivity contribution >= 4 is 12.0 Å². The third-order valence-corrected chi connectivity index (χ3v) is 3.58. The Labute approximate surface area is 121 Å². The molecule has 1 rings (SSSR count). The number of carboxylic acid groups (broad SMARTS) is 1. The first-order valence-corrected chi connectivity index (χ1v) is 7.01. The van der Waals surface area contributed by atoms with Gasteiger partial charge in [-0.1, -0.05) is 0 Å². The van der Waals surface area contributed by atoms with E-state index in [0.717, 1.165) is 0 Å². The molecule has 122 valence electrons. The van der Waals surface area contributed by atoms with Gasteiger partial charge in [-0.2, -0.15) is 13.2 Å². The summed E-state index contributed by atoms with van der Waals surface area (Å²) in [6.45, 7) is 2.23. The SMILES string of the molecule is CC(CC(F)(F)F)NC(=O)N1CCC(CCC(=O)O)CC1. The van der Waals surface area contributed by atoms with E-state index in [4.69, 9.17) is 5.11 Å². The van der Waals surface area contributed by atoms with Gasteiger partial charge >= 0.3 is 18.2 Å². The number of carboxylic acids is 1. The number of piperidine rings is 1. The summed E-state index contributed by atoms with van der Waals surface area (Å²) < 4.78 is 36.6. The van der Waals surface area contributed by atoms with Crippen molar-refractivity contribution in [3.63, 3.8) is 0 Å². The van der Waals surface area contributed by atoms with Crippen molar-refractivity contribution < 1.29 is 27.9 Å². The molecule has 5 nitrogen and oxygen atoms in total. The van der Waals surface area contributed by atoms with Gasteiger partial charge in [0, 0.05) is 25.6 Å². The van der Waals surface area contributed by atoms with Crippen LogP contribution < -0.4 is 5.32 Å². The van der Waals surface area contributed by atoms with Crippen LogP contribution in [0.15, 0.2) is 0 Å². The fourth-order valence-corrected chi connectivity index (χ4v) is 2.45.